The third-order valence-corrected chi connectivity index (χ3v) is 8.28. The number of hydrogen-bond donors (Lipinski definition) is 0. The lowest BCUT2D eigenvalue weighted by molar-refractivity contribution is 0.670. The highest BCUT2D eigenvalue weighted by Gasteiger charge is 2.20. The van der Waals surface area contributed by atoms with Crippen LogP contribution in [0, 0.1) is 0 Å². The number of para-hydroxylation sites is 3. The summed E-state index contributed by atoms with van der Waals surface area (Å²) in [6.45, 7) is 0. The van der Waals surface area contributed by atoms with Gasteiger partial charge in [0.25, 0.3) is 0 Å². The van der Waals surface area contributed by atoms with Gasteiger partial charge in [0.2, 0.25) is 5.95 Å². The van der Waals surface area contributed by atoms with Gasteiger partial charge in [-0.3, -0.25) is 4.57 Å². The Morgan fingerprint density at radius 1 is 0.561 bits per heavy atom. The Morgan fingerprint density at radius 2 is 1.29 bits per heavy atom. The number of nitrogens with zero attached hydrogens (tertiary/aromatic N) is 3. The summed E-state index contributed by atoms with van der Waals surface area (Å²) in [5, 5.41) is 8.34. The molecule has 192 valence electrons. The fourth-order valence-corrected chi connectivity index (χ4v) is 6.37. The third kappa shape index (κ3) is 3.28. The zero-order valence-electron chi connectivity index (χ0n) is 21.7. The molecule has 5 heteroatoms. The number of rotatable bonds is 2. The first-order valence-corrected chi connectivity index (χ1v) is 13.9. The van der Waals surface area contributed by atoms with Gasteiger partial charge < -0.3 is 4.42 Å². The average molecular weight is 546 g/mol. The molecular weight excluding hydrogens is 526 g/mol. The van der Waals surface area contributed by atoms with Crippen LogP contribution in [-0.2, 0) is 0 Å². The molecule has 3 heterocycles. The molecule has 9 rings (SSSR count). The summed E-state index contributed by atoms with van der Waals surface area (Å²) in [5.41, 5.74) is 6.36. The standard InChI is InChI=1S/C36H20ClN3O/c37-23-16-17-31-29(20-23)28-18-21-8-1-2-9-22(21)19-32(28)40(31)36-38-30-14-5-3-11-26(30)34(39-36)27-13-7-12-25-24-10-4-6-15-33(24)41-35(25)27/h1-20H. The minimum absolute atomic E-state index is 0.601. The minimum atomic E-state index is 0.601. The summed E-state index contributed by atoms with van der Waals surface area (Å²) in [6, 6.07) is 41.5. The van der Waals surface area contributed by atoms with Crippen LogP contribution in [-0.4, -0.2) is 14.5 Å². The fraction of sp³-hybridized carbons (Fsp3) is 0. The van der Waals surface area contributed by atoms with E-state index in [0.29, 0.717) is 11.0 Å². The Hall–Kier alpha value is -5.19. The second-order valence-electron chi connectivity index (χ2n) is 10.4. The maximum absolute atomic E-state index is 6.51. The van der Waals surface area contributed by atoms with E-state index >= 15 is 0 Å². The van der Waals surface area contributed by atoms with E-state index in [0.717, 1.165) is 71.3 Å². The predicted octanol–water partition coefficient (Wildman–Crippen LogP) is 10.1. The largest absolute Gasteiger partial charge is 0.455 e. The topological polar surface area (TPSA) is 43.9 Å². The first kappa shape index (κ1) is 22.6. The summed E-state index contributed by atoms with van der Waals surface area (Å²) in [5.74, 6) is 0.601. The quantitative estimate of drug-likeness (QED) is 0.217. The van der Waals surface area contributed by atoms with Gasteiger partial charge in [-0.1, -0.05) is 84.4 Å². The van der Waals surface area contributed by atoms with Gasteiger partial charge in [0.15, 0.2) is 0 Å². The van der Waals surface area contributed by atoms with Crippen LogP contribution in [0.1, 0.15) is 0 Å². The zero-order chi connectivity index (χ0) is 27.1. The predicted molar refractivity (Wildman–Crippen MR) is 169 cm³/mol. The lowest BCUT2D eigenvalue weighted by Crippen LogP contribution is -2.03. The van der Waals surface area contributed by atoms with Crippen LogP contribution < -0.4 is 0 Å². The number of fused-ring (bicyclic) bond motifs is 8. The molecule has 0 aliphatic heterocycles. The molecule has 0 saturated heterocycles. The molecule has 3 aromatic heterocycles. The van der Waals surface area contributed by atoms with Crippen LogP contribution in [0.15, 0.2) is 126 Å². The van der Waals surface area contributed by atoms with Crippen molar-refractivity contribution in [3.8, 4) is 17.2 Å². The first-order valence-electron chi connectivity index (χ1n) is 13.5. The van der Waals surface area contributed by atoms with Gasteiger partial charge >= 0.3 is 0 Å². The lowest BCUT2D eigenvalue weighted by atomic mass is 10.0. The average Bonchev–Trinajstić information content (AvgIpc) is 3.54. The molecule has 0 aliphatic carbocycles. The van der Waals surface area contributed by atoms with Crippen molar-refractivity contribution in [2.75, 3.05) is 0 Å². The van der Waals surface area contributed by atoms with E-state index in [1.54, 1.807) is 0 Å². The normalized spacial score (nSPS) is 12.0. The zero-order valence-corrected chi connectivity index (χ0v) is 22.4. The van der Waals surface area contributed by atoms with E-state index in [1.807, 2.05) is 48.5 Å². The minimum Gasteiger partial charge on any atom is -0.455 e. The summed E-state index contributed by atoms with van der Waals surface area (Å²) in [4.78, 5) is 10.4. The molecule has 0 unspecified atom stereocenters. The SMILES string of the molecule is Clc1ccc2c(c1)c1cc3ccccc3cc1n2-c1nc(-c2cccc3c2oc2ccccc23)c2ccccc2n1. The Labute approximate surface area is 239 Å². The Balaban J connectivity index is 1.41. The number of furan rings is 1. The van der Waals surface area contributed by atoms with Gasteiger partial charge in [0.1, 0.15) is 11.2 Å². The third-order valence-electron chi connectivity index (χ3n) is 8.05. The van der Waals surface area contributed by atoms with Gasteiger partial charge in [0, 0.05) is 37.5 Å². The van der Waals surface area contributed by atoms with Crippen LogP contribution in [0.5, 0.6) is 0 Å². The molecule has 0 N–H and O–H groups in total. The molecule has 0 spiro atoms. The number of benzene rings is 6. The van der Waals surface area contributed by atoms with Gasteiger partial charge in [-0.05, 0) is 59.3 Å². The first-order chi connectivity index (χ1) is 20.2. The van der Waals surface area contributed by atoms with Crippen molar-refractivity contribution in [1.29, 1.82) is 0 Å². The summed E-state index contributed by atoms with van der Waals surface area (Å²) in [6.07, 6.45) is 0. The maximum Gasteiger partial charge on any atom is 0.235 e. The van der Waals surface area contributed by atoms with Crippen LogP contribution in [0.2, 0.25) is 5.02 Å². The molecule has 0 atom stereocenters. The second kappa shape index (κ2) is 8.40. The molecule has 0 aliphatic rings. The van der Waals surface area contributed by atoms with Crippen molar-refractivity contribution in [3.05, 3.63) is 126 Å². The smallest absolute Gasteiger partial charge is 0.235 e. The Morgan fingerprint density at radius 3 is 2.20 bits per heavy atom. The van der Waals surface area contributed by atoms with Crippen molar-refractivity contribution in [2.45, 2.75) is 0 Å². The van der Waals surface area contributed by atoms with Crippen LogP contribution >= 0.6 is 11.6 Å². The summed E-state index contributed by atoms with van der Waals surface area (Å²) < 4.78 is 8.59. The van der Waals surface area contributed by atoms with Gasteiger partial charge in [-0.2, -0.15) is 0 Å². The van der Waals surface area contributed by atoms with Crippen molar-refractivity contribution >= 4 is 77.0 Å². The molecular formula is C36H20ClN3O. The van der Waals surface area contributed by atoms with E-state index in [1.165, 1.54) is 5.39 Å². The van der Waals surface area contributed by atoms with Crippen molar-refractivity contribution < 1.29 is 4.42 Å². The second-order valence-corrected chi connectivity index (χ2v) is 10.8. The Kier molecular flexibility index (Phi) is 4.63. The molecule has 4 nitrogen and oxygen atoms in total. The number of hydrogen-bond acceptors (Lipinski definition) is 3. The molecule has 0 bridgehead atoms. The molecule has 9 aromatic rings. The highest BCUT2D eigenvalue weighted by atomic mass is 35.5. The van der Waals surface area contributed by atoms with E-state index in [2.05, 4.69) is 77.4 Å². The molecule has 0 saturated carbocycles. The number of aromatic nitrogens is 3. The molecule has 0 amide bonds. The fourth-order valence-electron chi connectivity index (χ4n) is 6.20. The van der Waals surface area contributed by atoms with E-state index in [4.69, 9.17) is 26.0 Å². The number of halogens is 1. The van der Waals surface area contributed by atoms with Crippen molar-refractivity contribution in [3.63, 3.8) is 0 Å². The molecule has 0 radical (unpaired) electrons. The van der Waals surface area contributed by atoms with Gasteiger partial charge in [-0.25, -0.2) is 9.97 Å². The van der Waals surface area contributed by atoms with Crippen molar-refractivity contribution in [2.24, 2.45) is 0 Å². The molecule has 0 fully saturated rings. The van der Waals surface area contributed by atoms with Crippen molar-refractivity contribution in [1.82, 2.24) is 14.5 Å². The van der Waals surface area contributed by atoms with E-state index in [-0.39, 0.29) is 0 Å². The maximum atomic E-state index is 6.51. The highest BCUT2D eigenvalue weighted by Crippen LogP contribution is 2.39. The van der Waals surface area contributed by atoms with Crippen LogP contribution in [0.3, 0.4) is 0 Å². The van der Waals surface area contributed by atoms with Crippen LogP contribution in [0.4, 0.5) is 0 Å². The Bertz CT molecular complexity index is 2510. The van der Waals surface area contributed by atoms with E-state index in [9.17, 15) is 0 Å². The monoisotopic (exact) mass is 545 g/mol. The summed E-state index contributed by atoms with van der Waals surface area (Å²) in [7, 11) is 0. The van der Waals surface area contributed by atoms with Gasteiger partial charge in [0.05, 0.1) is 22.2 Å². The summed E-state index contributed by atoms with van der Waals surface area (Å²) >= 11 is 6.51. The molecule has 41 heavy (non-hydrogen) atoms. The van der Waals surface area contributed by atoms with Crippen LogP contribution in [0.25, 0.3) is 82.6 Å². The van der Waals surface area contributed by atoms with Gasteiger partial charge in [-0.15, -0.1) is 0 Å². The highest BCUT2D eigenvalue weighted by molar-refractivity contribution is 6.32. The lowest BCUT2D eigenvalue weighted by Gasteiger charge is -2.12. The molecule has 6 aromatic carbocycles. The van der Waals surface area contributed by atoms with E-state index < -0.39 is 0 Å².